The Morgan fingerprint density at radius 1 is 0.500 bits per heavy atom. The molecule has 0 aliphatic carbocycles. The summed E-state index contributed by atoms with van der Waals surface area (Å²) in [5.41, 5.74) is -2.98. The molecule has 0 fully saturated rings. The van der Waals surface area contributed by atoms with Gasteiger partial charge in [0.2, 0.25) is 0 Å². The third-order valence-electron chi connectivity index (χ3n) is 2.19. The van der Waals surface area contributed by atoms with Gasteiger partial charge < -0.3 is 0 Å². The highest BCUT2D eigenvalue weighted by Crippen LogP contribution is 2.33. The van der Waals surface area contributed by atoms with Crippen molar-refractivity contribution in [1.82, 2.24) is 0 Å². The molecule has 1 aromatic rings. The topological polar surface area (TPSA) is 0 Å². The van der Waals surface area contributed by atoms with E-state index in [1.54, 1.807) is 0 Å². The second-order valence-corrected chi connectivity index (χ2v) is 3.50. The van der Waals surface area contributed by atoms with Crippen LogP contribution in [-0.4, -0.2) is 18.9 Å². The molecule has 0 saturated carbocycles. The second-order valence-electron chi connectivity index (χ2n) is 3.50. The van der Waals surface area contributed by atoms with Crippen molar-refractivity contribution in [1.29, 1.82) is 0 Å². The molecule has 0 spiro atoms. The third kappa shape index (κ3) is 2.68. The van der Waals surface area contributed by atoms with Crippen LogP contribution in [0, 0.1) is 29.1 Å². The minimum Gasteiger partial charge on any atom is -0.204 e. The normalized spacial score (nSPS) is 12.8. The standard InChI is InChI=1S/C8BF11/c10-2-1(3(11)5(13)6(14)4(2)12)9(7(15,16)17)8(18,19)20. The van der Waals surface area contributed by atoms with E-state index in [2.05, 4.69) is 0 Å². The van der Waals surface area contributed by atoms with Crippen molar-refractivity contribution in [2.45, 2.75) is 12.2 Å². The highest BCUT2D eigenvalue weighted by Gasteiger charge is 2.65. The van der Waals surface area contributed by atoms with Crippen molar-refractivity contribution in [2.24, 2.45) is 0 Å². The molecule has 0 amide bonds. The molecule has 20 heavy (non-hydrogen) atoms. The first kappa shape index (κ1) is 16.6. The van der Waals surface area contributed by atoms with Crippen molar-refractivity contribution < 1.29 is 48.3 Å². The van der Waals surface area contributed by atoms with Crippen LogP contribution in [0.2, 0.25) is 0 Å². The van der Waals surface area contributed by atoms with Crippen LogP contribution in [0.3, 0.4) is 0 Å². The summed E-state index contributed by atoms with van der Waals surface area (Å²) in [7, 11) is 0. The summed E-state index contributed by atoms with van der Waals surface area (Å²) in [6.07, 6.45) is -12.6. The highest BCUT2D eigenvalue weighted by molar-refractivity contribution is 6.76. The van der Waals surface area contributed by atoms with Gasteiger partial charge in [0, 0.05) is 5.46 Å². The number of hydrogen-bond acceptors (Lipinski definition) is 0. The van der Waals surface area contributed by atoms with E-state index in [-0.39, 0.29) is 0 Å². The van der Waals surface area contributed by atoms with Crippen LogP contribution in [0.15, 0.2) is 0 Å². The van der Waals surface area contributed by atoms with Crippen molar-refractivity contribution in [3.63, 3.8) is 0 Å². The van der Waals surface area contributed by atoms with Gasteiger partial charge in [-0.05, 0) is 0 Å². The molecule has 0 nitrogen and oxygen atoms in total. The molecule has 12 heteroatoms. The Kier molecular flexibility index (Phi) is 3.98. The lowest BCUT2D eigenvalue weighted by Crippen LogP contribution is -2.58. The fourth-order valence-electron chi connectivity index (χ4n) is 1.39. The summed E-state index contributed by atoms with van der Waals surface area (Å²) in [5, 5.41) is 0. The van der Waals surface area contributed by atoms with Crippen molar-refractivity contribution in [2.75, 3.05) is 0 Å². The predicted molar refractivity (Wildman–Crippen MR) is 43.7 cm³/mol. The molecule has 0 heterocycles. The number of benzene rings is 1. The van der Waals surface area contributed by atoms with E-state index in [0.717, 1.165) is 0 Å². The second kappa shape index (κ2) is 4.81. The van der Waals surface area contributed by atoms with Gasteiger partial charge in [-0.15, -0.1) is 0 Å². The smallest absolute Gasteiger partial charge is 0.204 e. The molecule has 0 aromatic heterocycles. The van der Waals surface area contributed by atoms with Gasteiger partial charge in [0.15, 0.2) is 29.1 Å². The summed E-state index contributed by atoms with van der Waals surface area (Å²) in [5.74, 6) is -15.0. The quantitative estimate of drug-likeness (QED) is 0.323. The van der Waals surface area contributed by atoms with E-state index < -0.39 is 53.4 Å². The van der Waals surface area contributed by atoms with E-state index in [1.807, 2.05) is 0 Å². The van der Waals surface area contributed by atoms with Gasteiger partial charge in [0.1, 0.15) is 0 Å². The largest absolute Gasteiger partial charge is 0.438 e. The molecular weight excluding hydrogens is 316 g/mol. The van der Waals surface area contributed by atoms with Crippen molar-refractivity contribution >= 4 is 12.2 Å². The van der Waals surface area contributed by atoms with Gasteiger partial charge in [-0.2, -0.15) is 26.3 Å². The minimum absolute atomic E-state index is 2.85. The number of rotatable bonds is 1. The molecule has 0 unspecified atom stereocenters. The van der Waals surface area contributed by atoms with Gasteiger partial charge in [0.05, 0.1) is 0 Å². The fraction of sp³-hybridized carbons (Fsp3) is 0.250. The lowest BCUT2D eigenvalue weighted by molar-refractivity contribution is -0.101. The zero-order chi connectivity index (χ0) is 16.0. The molecule has 0 aliphatic rings. The van der Waals surface area contributed by atoms with Gasteiger partial charge in [-0.1, -0.05) is 0 Å². The summed E-state index contributed by atoms with van der Waals surface area (Å²) in [4.78, 5) is 0. The van der Waals surface area contributed by atoms with Crippen LogP contribution >= 0.6 is 0 Å². The minimum atomic E-state index is -6.30. The monoisotopic (exact) mass is 316 g/mol. The Hall–Kier alpha value is -1.49. The molecule has 112 valence electrons. The maximum absolute atomic E-state index is 13.0. The third-order valence-corrected chi connectivity index (χ3v) is 2.19. The SMILES string of the molecule is Fc1c(F)c(F)c(B(C(F)(F)F)C(F)(F)F)c(F)c1F. The highest BCUT2D eigenvalue weighted by atomic mass is 19.4. The Balaban J connectivity index is 3.76. The molecule has 1 aromatic carbocycles. The van der Waals surface area contributed by atoms with Gasteiger partial charge in [-0.25, -0.2) is 22.0 Å². The Morgan fingerprint density at radius 2 is 0.750 bits per heavy atom. The summed E-state index contributed by atoms with van der Waals surface area (Å²) in [6.45, 7) is -4.83. The van der Waals surface area contributed by atoms with Crippen LogP contribution < -0.4 is 5.46 Å². The van der Waals surface area contributed by atoms with E-state index in [0.29, 0.717) is 0 Å². The molecule has 0 atom stereocenters. The van der Waals surface area contributed by atoms with Crippen LogP contribution in [-0.2, 0) is 0 Å². The molecule has 1 rings (SSSR count). The summed E-state index contributed by atoms with van der Waals surface area (Å²) >= 11 is 0. The van der Waals surface area contributed by atoms with Crippen LogP contribution in [0.5, 0.6) is 0 Å². The average Bonchev–Trinajstić information content (AvgIpc) is 2.26. The number of halogens is 11. The molecule has 0 bridgehead atoms. The molecular formula is C8BF11. The zero-order valence-corrected chi connectivity index (χ0v) is 8.73. The van der Waals surface area contributed by atoms with Gasteiger partial charge in [-0.3, -0.25) is 0 Å². The van der Waals surface area contributed by atoms with Gasteiger partial charge in [0.25, 0.3) is 0 Å². The summed E-state index contributed by atoms with van der Waals surface area (Å²) < 4.78 is 137. The van der Waals surface area contributed by atoms with E-state index in [4.69, 9.17) is 0 Å². The zero-order valence-electron chi connectivity index (χ0n) is 8.73. The van der Waals surface area contributed by atoms with E-state index >= 15 is 0 Å². The maximum atomic E-state index is 13.0. The number of alkyl halides is 6. The van der Waals surface area contributed by atoms with Crippen molar-refractivity contribution in [3.05, 3.63) is 29.1 Å². The Bertz CT molecular complexity index is 486. The van der Waals surface area contributed by atoms with Crippen LogP contribution in [0.25, 0.3) is 0 Å². The lowest BCUT2D eigenvalue weighted by Gasteiger charge is -2.21. The lowest BCUT2D eigenvalue weighted by atomic mass is 9.42. The molecule has 0 saturated heterocycles. The van der Waals surface area contributed by atoms with E-state index in [1.165, 1.54) is 0 Å². The maximum Gasteiger partial charge on any atom is 0.438 e. The molecule has 0 radical (unpaired) electrons. The average molecular weight is 316 g/mol. The van der Waals surface area contributed by atoms with Gasteiger partial charge >= 0.3 is 18.9 Å². The first-order valence-corrected chi connectivity index (χ1v) is 4.44. The summed E-state index contributed by atoms with van der Waals surface area (Å²) in [6, 6.07) is 0. The molecule has 0 aliphatic heterocycles. The molecule has 0 N–H and O–H groups in total. The van der Waals surface area contributed by atoms with Crippen LogP contribution in [0.4, 0.5) is 48.3 Å². The Morgan fingerprint density at radius 3 is 1.00 bits per heavy atom. The Labute approximate surface area is 103 Å². The van der Waals surface area contributed by atoms with E-state index in [9.17, 15) is 48.3 Å². The van der Waals surface area contributed by atoms with Crippen molar-refractivity contribution in [3.8, 4) is 0 Å². The first-order valence-electron chi connectivity index (χ1n) is 4.44. The van der Waals surface area contributed by atoms with Crippen LogP contribution in [0.1, 0.15) is 0 Å². The fourth-order valence-corrected chi connectivity index (χ4v) is 1.39. The predicted octanol–water partition coefficient (Wildman–Crippen LogP) is 3.29. The first-order chi connectivity index (χ1) is 8.80. The number of hydrogen-bond donors (Lipinski definition) is 0.